The lowest BCUT2D eigenvalue weighted by Gasteiger charge is -2.33. The summed E-state index contributed by atoms with van der Waals surface area (Å²) in [5.41, 5.74) is 0.527. The predicted molar refractivity (Wildman–Crippen MR) is 139 cm³/mol. The number of piperidine rings is 1. The van der Waals surface area contributed by atoms with E-state index in [2.05, 4.69) is 10.3 Å². The molecule has 1 unspecified atom stereocenters. The van der Waals surface area contributed by atoms with Gasteiger partial charge in [-0.3, -0.25) is 14.0 Å². The van der Waals surface area contributed by atoms with E-state index in [9.17, 15) is 23.1 Å². The Labute approximate surface area is 216 Å². The SMILES string of the molecule is COc1ccc(C(CC(=O)NC2CCN(S(=O)(=O)C(C)C)CC2)c2c(O)nc3ccccn3c2=O)cc1. The number of aromatic nitrogens is 2. The Morgan fingerprint density at radius 3 is 2.46 bits per heavy atom. The standard InChI is InChI=1S/C26H32N4O6S/c1-17(2)37(34,35)29-14-11-19(12-15-29)27-23(31)16-21(18-7-9-20(36-3)10-8-18)24-25(32)28-22-6-4-5-13-30(22)26(24)33/h4-10,13,17,19,21,32H,11-12,14-16H2,1-3H3,(H,27,31). The summed E-state index contributed by atoms with van der Waals surface area (Å²) in [6, 6.07) is 11.8. The number of pyridine rings is 1. The van der Waals surface area contributed by atoms with Crippen molar-refractivity contribution in [1.29, 1.82) is 0 Å². The molecule has 1 aliphatic heterocycles. The van der Waals surface area contributed by atoms with Crippen molar-refractivity contribution in [2.75, 3.05) is 20.2 Å². The maximum atomic E-state index is 13.4. The average Bonchev–Trinajstić information content (AvgIpc) is 2.88. The fraction of sp³-hybridized carbons (Fsp3) is 0.423. The van der Waals surface area contributed by atoms with Gasteiger partial charge in [-0.2, -0.15) is 4.98 Å². The molecule has 0 aliphatic carbocycles. The van der Waals surface area contributed by atoms with Crippen molar-refractivity contribution in [1.82, 2.24) is 19.0 Å². The number of rotatable bonds is 8. The highest BCUT2D eigenvalue weighted by Gasteiger charge is 2.32. The minimum Gasteiger partial charge on any atom is -0.497 e. The normalized spacial score (nSPS) is 16.1. The lowest BCUT2D eigenvalue weighted by molar-refractivity contribution is -0.122. The Hall–Kier alpha value is -3.44. The Kier molecular flexibility index (Phi) is 7.84. The Morgan fingerprint density at radius 2 is 1.84 bits per heavy atom. The zero-order valence-corrected chi connectivity index (χ0v) is 21.9. The van der Waals surface area contributed by atoms with Gasteiger partial charge in [0, 0.05) is 37.7 Å². The van der Waals surface area contributed by atoms with Crippen LogP contribution in [-0.4, -0.2) is 64.6 Å². The van der Waals surface area contributed by atoms with Crippen LogP contribution in [0.2, 0.25) is 0 Å². The van der Waals surface area contributed by atoms with E-state index in [-0.39, 0.29) is 23.9 Å². The van der Waals surface area contributed by atoms with Gasteiger partial charge >= 0.3 is 0 Å². The monoisotopic (exact) mass is 528 g/mol. The highest BCUT2D eigenvalue weighted by molar-refractivity contribution is 7.89. The lowest BCUT2D eigenvalue weighted by atomic mass is 9.89. The molecule has 0 saturated carbocycles. The van der Waals surface area contributed by atoms with E-state index in [0.29, 0.717) is 42.9 Å². The van der Waals surface area contributed by atoms with Crippen LogP contribution in [0.1, 0.15) is 50.2 Å². The van der Waals surface area contributed by atoms with Crippen LogP contribution in [0.3, 0.4) is 0 Å². The van der Waals surface area contributed by atoms with Gasteiger partial charge in [-0.25, -0.2) is 12.7 Å². The molecular formula is C26H32N4O6S. The molecule has 10 nitrogen and oxygen atoms in total. The van der Waals surface area contributed by atoms with E-state index in [0.717, 1.165) is 0 Å². The van der Waals surface area contributed by atoms with Crippen LogP contribution in [0.5, 0.6) is 11.6 Å². The summed E-state index contributed by atoms with van der Waals surface area (Å²) in [6.07, 6.45) is 2.46. The summed E-state index contributed by atoms with van der Waals surface area (Å²) in [6.45, 7) is 3.98. The number of nitrogens with zero attached hydrogens (tertiary/aromatic N) is 3. The van der Waals surface area contributed by atoms with Crippen LogP contribution in [0.4, 0.5) is 0 Å². The van der Waals surface area contributed by atoms with Crippen molar-refractivity contribution in [2.45, 2.75) is 50.3 Å². The number of nitrogens with one attached hydrogen (secondary N) is 1. The minimum absolute atomic E-state index is 0.0295. The topological polar surface area (TPSA) is 130 Å². The number of hydrogen-bond acceptors (Lipinski definition) is 7. The van der Waals surface area contributed by atoms with Gasteiger partial charge in [0.1, 0.15) is 11.4 Å². The number of amides is 1. The number of aromatic hydroxyl groups is 1. The molecule has 1 saturated heterocycles. The van der Waals surface area contributed by atoms with Crippen LogP contribution in [0.25, 0.3) is 5.65 Å². The quantitative estimate of drug-likeness (QED) is 0.459. The number of hydrogen-bond donors (Lipinski definition) is 2. The molecule has 37 heavy (non-hydrogen) atoms. The lowest BCUT2D eigenvalue weighted by Crippen LogP contribution is -2.48. The highest BCUT2D eigenvalue weighted by atomic mass is 32.2. The number of ether oxygens (including phenoxy) is 1. The molecule has 3 aromatic rings. The summed E-state index contributed by atoms with van der Waals surface area (Å²) < 4.78 is 32.9. The fourth-order valence-electron chi connectivity index (χ4n) is 4.64. The van der Waals surface area contributed by atoms with Gasteiger partial charge in [0.05, 0.1) is 17.9 Å². The van der Waals surface area contributed by atoms with Crippen LogP contribution < -0.4 is 15.6 Å². The zero-order chi connectivity index (χ0) is 26.7. The van der Waals surface area contributed by atoms with Crippen LogP contribution in [0, 0.1) is 0 Å². The van der Waals surface area contributed by atoms with Gasteiger partial charge in [-0.05, 0) is 56.5 Å². The maximum Gasteiger partial charge on any atom is 0.265 e. The molecule has 1 aromatic carbocycles. The molecule has 0 bridgehead atoms. The molecule has 198 valence electrons. The van der Waals surface area contributed by atoms with Crippen LogP contribution >= 0.6 is 0 Å². The molecule has 1 fully saturated rings. The van der Waals surface area contributed by atoms with Gasteiger partial charge < -0.3 is 15.2 Å². The molecule has 0 radical (unpaired) electrons. The highest BCUT2D eigenvalue weighted by Crippen LogP contribution is 2.32. The van der Waals surface area contributed by atoms with Gasteiger partial charge in [0.25, 0.3) is 5.56 Å². The molecule has 4 rings (SSSR count). The van der Waals surface area contributed by atoms with E-state index >= 15 is 0 Å². The summed E-state index contributed by atoms with van der Waals surface area (Å²) in [5, 5.41) is 13.3. The second kappa shape index (κ2) is 10.9. The molecule has 11 heteroatoms. The van der Waals surface area contributed by atoms with E-state index in [4.69, 9.17) is 4.74 Å². The van der Waals surface area contributed by atoms with Gasteiger partial charge in [-0.15, -0.1) is 0 Å². The largest absolute Gasteiger partial charge is 0.497 e. The number of benzene rings is 1. The first-order valence-electron chi connectivity index (χ1n) is 12.2. The molecule has 1 amide bonds. The van der Waals surface area contributed by atoms with Crippen molar-refractivity contribution in [3.05, 3.63) is 70.1 Å². The molecule has 1 aliphatic rings. The fourth-order valence-corrected chi connectivity index (χ4v) is 5.96. The predicted octanol–water partition coefficient (Wildman–Crippen LogP) is 2.25. The van der Waals surface area contributed by atoms with Crippen LogP contribution in [0.15, 0.2) is 53.5 Å². The first-order valence-corrected chi connectivity index (χ1v) is 13.7. The van der Waals surface area contributed by atoms with Crippen molar-refractivity contribution < 1.29 is 23.1 Å². The Balaban J connectivity index is 1.58. The smallest absolute Gasteiger partial charge is 0.265 e. The zero-order valence-electron chi connectivity index (χ0n) is 21.1. The summed E-state index contributed by atoms with van der Waals surface area (Å²) >= 11 is 0. The number of sulfonamides is 1. The summed E-state index contributed by atoms with van der Waals surface area (Å²) in [5.74, 6) is -0.864. The first-order chi connectivity index (χ1) is 17.6. The third-order valence-electron chi connectivity index (χ3n) is 6.78. The summed E-state index contributed by atoms with van der Waals surface area (Å²) in [7, 11) is -1.79. The maximum absolute atomic E-state index is 13.4. The second-order valence-corrected chi connectivity index (χ2v) is 11.9. The van der Waals surface area contributed by atoms with Crippen molar-refractivity contribution in [2.24, 2.45) is 0 Å². The number of carbonyl (C=O) groups is 1. The molecule has 1 atom stereocenters. The van der Waals surface area contributed by atoms with Gasteiger partial charge in [0.2, 0.25) is 21.8 Å². The number of methoxy groups -OCH3 is 1. The molecule has 2 N–H and O–H groups in total. The number of fused-ring (bicyclic) bond motifs is 1. The molecule has 0 spiro atoms. The third kappa shape index (κ3) is 5.62. The van der Waals surface area contributed by atoms with E-state index < -0.39 is 32.6 Å². The Bertz CT molecular complexity index is 1430. The van der Waals surface area contributed by atoms with Crippen LogP contribution in [-0.2, 0) is 14.8 Å². The average molecular weight is 529 g/mol. The molecular weight excluding hydrogens is 496 g/mol. The van der Waals surface area contributed by atoms with E-state index in [1.165, 1.54) is 8.71 Å². The first kappa shape index (κ1) is 26.6. The number of carbonyl (C=O) groups excluding carboxylic acids is 1. The molecule has 2 aromatic heterocycles. The summed E-state index contributed by atoms with van der Waals surface area (Å²) in [4.78, 5) is 30.8. The Morgan fingerprint density at radius 1 is 1.16 bits per heavy atom. The van der Waals surface area contributed by atoms with Crippen molar-refractivity contribution in [3.63, 3.8) is 0 Å². The van der Waals surface area contributed by atoms with Crippen molar-refractivity contribution >= 4 is 21.6 Å². The van der Waals surface area contributed by atoms with Gasteiger partial charge in [0.15, 0.2) is 0 Å². The second-order valence-electron chi connectivity index (χ2n) is 9.45. The van der Waals surface area contributed by atoms with Crippen molar-refractivity contribution in [3.8, 4) is 11.6 Å². The van der Waals surface area contributed by atoms with Gasteiger partial charge in [-0.1, -0.05) is 18.2 Å². The van der Waals surface area contributed by atoms with E-state index in [1.807, 2.05) is 0 Å². The third-order valence-corrected chi connectivity index (χ3v) is 9.06. The van der Waals surface area contributed by atoms with E-state index in [1.54, 1.807) is 69.6 Å². The minimum atomic E-state index is -3.34. The molecule has 3 heterocycles.